The van der Waals surface area contributed by atoms with Crippen LogP contribution in [-0.4, -0.2) is 40.8 Å². The smallest absolute Gasteiger partial charge is 0.445 e. The van der Waals surface area contributed by atoms with E-state index in [4.69, 9.17) is 0 Å². The third kappa shape index (κ3) is 1.95. The van der Waals surface area contributed by atoms with Gasteiger partial charge in [0.15, 0.2) is 0 Å². The molecule has 0 aromatic carbocycles. The number of halogens is 3. The van der Waals surface area contributed by atoms with Crippen LogP contribution >= 0.6 is 11.3 Å². The third-order valence-corrected chi connectivity index (χ3v) is 3.68. The molecule has 2 rings (SSSR count). The molecule has 100 valence electrons. The third-order valence-electron chi connectivity index (χ3n) is 2.61. The number of hydrogen-bond donors (Lipinski definition) is 0. The molecular weight excluding hydrogens is 273 g/mol. The topological polar surface area (TPSA) is 69.2 Å². The normalized spacial score (nSPS) is 24.9. The molecule has 1 aromatic rings. The molecule has 6 nitrogen and oxygen atoms in total. The van der Waals surface area contributed by atoms with Crippen LogP contribution in [0.2, 0.25) is 0 Å². The van der Waals surface area contributed by atoms with Crippen LogP contribution in [0.25, 0.3) is 0 Å². The summed E-state index contributed by atoms with van der Waals surface area (Å²) < 4.78 is 35.6. The fourth-order valence-corrected chi connectivity index (χ4v) is 2.40. The number of aromatic nitrogens is 2. The highest BCUT2D eigenvalue weighted by Crippen LogP contribution is 2.37. The van der Waals surface area contributed by atoms with Gasteiger partial charge in [-0.05, 0) is 18.3 Å². The first-order valence-electron chi connectivity index (χ1n) is 5.09. The molecule has 0 saturated carbocycles. The Morgan fingerprint density at radius 1 is 1.50 bits per heavy atom. The van der Waals surface area contributed by atoms with Crippen LogP contribution in [0, 0.1) is 5.21 Å². The van der Waals surface area contributed by atoms with Crippen LogP contribution in [0.15, 0.2) is 0 Å². The van der Waals surface area contributed by atoms with Crippen molar-refractivity contribution in [3.8, 4) is 0 Å². The molecule has 1 fully saturated rings. The standard InChI is InChI=1S/C8H9F3N4O2S/c1-2-14-3-4-15(17,7(14)16)6-13-12-5(18-6)8(9,10)11/h2-4H2,1H3. The molecule has 0 N–H and O–H groups in total. The summed E-state index contributed by atoms with van der Waals surface area (Å²) in [5.41, 5.74) is 0. The van der Waals surface area contributed by atoms with Gasteiger partial charge in [-0.25, -0.2) is 9.44 Å². The van der Waals surface area contributed by atoms with Gasteiger partial charge in [0.2, 0.25) is 5.01 Å². The Labute approximate surface area is 104 Å². The average molecular weight is 282 g/mol. The predicted octanol–water partition coefficient (Wildman–Crippen LogP) is 1.82. The summed E-state index contributed by atoms with van der Waals surface area (Å²) in [4.78, 5) is 13.0. The van der Waals surface area contributed by atoms with E-state index in [0.717, 1.165) is 0 Å². The maximum atomic E-state index is 12.4. The van der Waals surface area contributed by atoms with Gasteiger partial charge in [0.05, 0.1) is 6.54 Å². The zero-order valence-electron chi connectivity index (χ0n) is 9.27. The largest absolute Gasteiger partial charge is 0.616 e. The molecule has 2 amide bonds. The van der Waals surface area contributed by atoms with Gasteiger partial charge in [-0.15, -0.1) is 5.10 Å². The summed E-state index contributed by atoms with van der Waals surface area (Å²) in [6, 6.07) is -0.789. The summed E-state index contributed by atoms with van der Waals surface area (Å²) in [5.74, 6) is 0. The molecule has 1 atom stereocenters. The van der Waals surface area contributed by atoms with Gasteiger partial charge in [-0.3, -0.25) is 4.90 Å². The maximum absolute atomic E-state index is 12.4. The minimum atomic E-state index is -4.65. The molecule has 0 spiro atoms. The number of likely N-dealkylation sites (N-methyl/N-ethyl adjacent to an activating group) is 1. The van der Waals surface area contributed by atoms with Crippen molar-refractivity contribution in [3.63, 3.8) is 0 Å². The van der Waals surface area contributed by atoms with E-state index >= 15 is 0 Å². The van der Waals surface area contributed by atoms with Crippen molar-refractivity contribution in [2.75, 3.05) is 19.6 Å². The van der Waals surface area contributed by atoms with Gasteiger partial charge in [0.25, 0.3) is 0 Å². The van der Waals surface area contributed by atoms with E-state index in [1.165, 1.54) is 4.90 Å². The Morgan fingerprint density at radius 2 is 2.17 bits per heavy atom. The maximum Gasteiger partial charge on any atom is 0.445 e. The van der Waals surface area contributed by atoms with Crippen molar-refractivity contribution in [2.24, 2.45) is 0 Å². The van der Waals surface area contributed by atoms with Gasteiger partial charge in [-0.1, -0.05) is 5.10 Å². The quantitative estimate of drug-likeness (QED) is 0.613. The van der Waals surface area contributed by atoms with Crippen LogP contribution < -0.4 is 4.65 Å². The number of urea groups is 1. The van der Waals surface area contributed by atoms with Gasteiger partial charge < -0.3 is 5.21 Å². The number of alkyl halides is 3. The lowest BCUT2D eigenvalue weighted by atomic mass is 10.6. The van der Waals surface area contributed by atoms with E-state index in [1.807, 2.05) is 0 Å². The van der Waals surface area contributed by atoms with Crippen molar-refractivity contribution in [3.05, 3.63) is 10.2 Å². The second-order valence-corrected chi connectivity index (χ2v) is 4.67. The van der Waals surface area contributed by atoms with E-state index in [-0.39, 0.29) is 24.4 Å². The molecule has 1 saturated heterocycles. The molecule has 2 heterocycles. The average Bonchev–Trinajstić information content (AvgIpc) is 2.86. The summed E-state index contributed by atoms with van der Waals surface area (Å²) >= 11 is 0.117. The van der Waals surface area contributed by atoms with Gasteiger partial charge in [-0.2, -0.15) is 13.2 Å². The van der Waals surface area contributed by atoms with E-state index < -0.39 is 27.0 Å². The van der Waals surface area contributed by atoms with E-state index in [1.54, 1.807) is 6.92 Å². The van der Waals surface area contributed by atoms with Crippen molar-refractivity contribution in [1.29, 1.82) is 0 Å². The van der Waals surface area contributed by atoms with E-state index in [2.05, 4.69) is 10.2 Å². The molecule has 1 aromatic heterocycles. The molecule has 18 heavy (non-hydrogen) atoms. The van der Waals surface area contributed by atoms with Crippen LogP contribution in [-0.2, 0) is 6.18 Å². The Hall–Kier alpha value is -1.26. The van der Waals surface area contributed by atoms with E-state index in [0.29, 0.717) is 6.54 Å². The zero-order valence-corrected chi connectivity index (χ0v) is 10.1. The molecule has 0 radical (unpaired) electrons. The van der Waals surface area contributed by atoms with Crippen molar-refractivity contribution >= 4 is 22.5 Å². The fourth-order valence-electron chi connectivity index (χ4n) is 1.63. The summed E-state index contributed by atoms with van der Waals surface area (Å²) in [6.45, 7) is 2.10. The molecule has 10 heteroatoms. The molecule has 1 aliphatic heterocycles. The van der Waals surface area contributed by atoms with Gasteiger partial charge in [0, 0.05) is 6.54 Å². The SMILES string of the molecule is CCN1CC[N+]([O-])(c2nnc(C(F)(F)F)s2)C1=O. The predicted molar refractivity (Wildman–Crippen MR) is 57.6 cm³/mol. The Kier molecular flexibility index (Phi) is 3.03. The number of hydroxylamine groups is 2. The van der Waals surface area contributed by atoms with Crippen molar-refractivity contribution in [1.82, 2.24) is 19.7 Å². The molecule has 0 aliphatic carbocycles. The van der Waals surface area contributed by atoms with Crippen LogP contribution in [0.3, 0.4) is 0 Å². The van der Waals surface area contributed by atoms with E-state index in [9.17, 15) is 23.2 Å². The summed E-state index contributed by atoms with van der Waals surface area (Å²) in [6.07, 6.45) is -4.65. The minimum absolute atomic E-state index is 0.117. The molecule has 0 bridgehead atoms. The second-order valence-electron chi connectivity index (χ2n) is 3.71. The molecule has 1 aliphatic rings. The first kappa shape index (κ1) is 13.2. The highest BCUT2D eigenvalue weighted by atomic mass is 32.1. The Morgan fingerprint density at radius 3 is 2.61 bits per heavy atom. The Bertz CT molecular complexity index is 477. The highest BCUT2D eigenvalue weighted by molar-refractivity contribution is 7.15. The lowest BCUT2D eigenvalue weighted by Gasteiger charge is -2.29. The first-order chi connectivity index (χ1) is 8.29. The van der Waals surface area contributed by atoms with Crippen LogP contribution in [0.5, 0.6) is 0 Å². The van der Waals surface area contributed by atoms with Gasteiger partial charge in [0.1, 0.15) is 6.54 Å². The van der Waals surface area contributed by atoms with Crippen LogP contribution in [0.4, 0.5) is 23.1 Å². The second kappa shape index (κ2) is 4.14. The first-order valence-corrected chi connectivity index (χ1v) is 5.90. The number of quaternary nitrogens is 1. The van der Waals surface area contributed by atoms with Crippen LogP contribution in [0.1, 0.15) is 11.9 Å². The zero-order chi connectivity index (χ0) is 13.6. The fraction of sp³-hybridized carbons (Fsp3) is 0.625. The highest BCUT2D eigenvalue weighted by Gasteiger charge is 2.46. The number of carbonyl (C=O) groups is 1. The number of nitrogens with zero attached hydrogens (tertiary/aromatic N) is 4. The summed E-state index contributed by atoms with van der Waals surface area (Å²) in [5, 5.41) is 16.7. The number of carbonyl (C=O) groups excluding carboxylic acids is 1. The van der Waals surface area contributed by atoms with Crippen molar-refractivity contribution in [2.45, 2.75) is 13.1 Å². The lowest BCUT2D eigenvalue weighted by Crippen LogP contribution is -2.46. The number of rotatable bonds is 2. The Balaban J connectivity index is 2.32. The lowest BCUT2D eigenvalue weighted by molar-refractivity contribution is -0.138. The van der Waals surface area contributed by atoms with Gasteiger partial charge >= 0.3 is 17.3 Å². The summed E-state index contributed by atoms with van der Waals surface area (Å²) in [7, 11) is 0. The minimum Gasteiger partial charge on any atom is -0.616 e. The monoisotopic (exact) mass is 282 g/mol. The molecular formula is C8H9F3N4O2S. The number of amides is 2. The molecule has 1 unspecified atom stereocenters. The number of hydrogen-bond acceptors (Lipinski definition) is 5. The van der Waals surface area contributed by atoms with Crippen molar-refractivity contribution < 1.29 is 18.0 Å².